The van der Waals surface area contributed by atoms with Crippen molar-refractivity contribution < 1.29 is 90.4 Å². The number of aliphatic hydroxyl groups excluding tert-OH is 2. The molecule has 3 heterocycles. The number of aliphatic hydroxyl groups is 3. The first-order chi connectivity index (χ1) is 36.9. The number of halogens is 3. The van der Waals surface area contributed by atoms with Crippen LogP contribution in [0.5, 0.6) is 0 Å². The maximum Gasteiger partial charge on any atom is 0.411 e. The molecular weight excluding hydrogens is 1020 g/mol. The van der Waals surface area contributed by atoms with Gasteiger partial charge in [-0.15, -0.1) is 0 Å². The second-order valence-corrected chi connectivity index (χ2v) is 22.1. The summed E-state index contributed by atoms with van der Waals surface area (Å²) in [4.78, 5) is 72.8. The third kappa shape index (κ3) is 20.4. The van der Waals surface area contributed by atoms with E-state index in [1.54, 1.807) is 53.0 Å². The van der Waals surface area contributed by atoms with Crippen LogP contribution in [-0.4, -0.2) is 177 Å². The third-order valence-electron chi connectivity index (χ3n) is 15.8. The fourth-order valence-corrected chi connectivity index (χ4v) is 11.1. The van der Waals surface area contributed by atoms with Crippen molar-refractivity contribution in [3.05, 3.63) is 47.6 Å². The van der Waals surface area contributed by atoms with Gasteiger partial charge in [0.25, 0.3) is 11.7 Å². The van der Waals surface area contributed by atoms with Gasteiger partial charge in [-0.25, -0.2) is 4.79 Å². The van der Waals surface area contributed by atoms with Crippen LogP contribution in [-0.2, 0) is 61.9 Å². The Morgan fingerprint density at radius 2 is 1.54 bits per heavy atom. The molecule has 1 amide bonds. The number of carbonyl (C=O) groups is 5. The molecule has 78 heavy (non-hydrogen) atoms. The molecule has 1 saturated carbocycles. The van der Waals surface area contributed by atoms with E-state index < -0.39 is 90.5 Å². The van der Waals surface area contributed by atoms with E-state index in [4.69, 9.17) is 33.2 Å². The lowest BCUT2D eigenvalue weighted by Gasteiger charge is -2.43. The molecule has 20 heteroatoms. The van der Waals surface area contributed by atoms with Crippen LogP contribution in [0.4, 0.5) is 13.2 Å². The molecule has 0 spiro atoms. The number of nitrogens with zero attached hydrogens (tertiary/aromatic N) is 1. The zero-order chi connectivity index (χ0) is 57.7. The minimum Gasteiger partial charge on any atom is -0.460 e. The maximum atomic E-state index is 14.6. The van der Waals surface area contributed by atoms with E-state index in [0.717, 1.165) is 16.9 Å². The molecule has 0 aromatic rings. The zero-order valence-electron chi connectivity index (χ0n) is 47.4. The summed E-state index contributed by atoms with van der Waals surface area (Å²) in [6, 6.07) is -1.22. The average Bonchev–Trinajstić information content (AvgIpc) is 3.43. The van der Waals surface area contributed by atoms with Gasteiger partial charge >= 0.3 is 12.1 Å². The number of cyclic esters (lactones) is 1. The first-order valence-corrected chi connectivity index (χ1v) is 28.0. The first-order valence-electron chi connectivity index (χ1n) is 28.0. The number of Topliss-reactive ketones (excluding diaryl/α,β-unsaturated/α-hetero) is 3. The van der Waals surface area contributed by atoms with Crippen LogP contribution in [0, 0.1) is 35.5 Å². The fourth-order valence-electron chi connectivity index (χ4n) is 11.1. The van der Waals surface area contributed by atoms with Crippen LogP contribution in [0.2, 0.25) is 0 Å². The van der Waals surface area contributed by atoms with E-state index in [2.05, 4.69) is 4.74 Å². The van der Waals surface area contributed by atoms with Crippen molar-refractivity contribution in [2.24, 2.45) is 35.5 Å². The Morgan fingerprint density at radius 3 is 2.23 bits per heavy atom. The Bertz CT molecular complexity index is 2050. The molecule has 3 fully saturated rings. The van der Waals surface area contributed by atoms with E-state index in [-0.39, 0.29) is 107 Å². The number of hydrogen-bond donors (Lipinski definition) is 3. The number of ketones is 3. The highest BCUT2D eigenvalue weighted by atomic mass is 19.4. The Hall–Kier alpha value is -3.70. The monoisotopic (exact) mass is 1110 g/mol. The molecule has 2 saturated heterocycles. The van der Waals surface area contributed by atoms with Crippen molar-refractivity contribution in [1.29, 1.82) is 0 Å². The molecule has 3 aliphatic heterocycles. The maximum absolute atomic E-state index is 14.6. The van der Waals surface area contributed by atoms with Crippen LogP contribution in [0.3, 0.4) is 0 Å². The first kappa shape index (κ1) is 66.8. The number of piperidine rings is 1. The summed E-state index contributed by atoms with van der Waals surface area (Å²) in [6.45, 7) is 10.7. The van der Waals surface area contributed by atoms with Gasteiger partial charge in [0.1, 0.15) is 36.7 Å². The molecule has 3 N–H and O–H groups in total. The molecule has 444 valence electrons. The number of ether oxygens (including phenoxy) is 8. The van der Waals surface area contributed by atoms with E-state index >= 15 is 0 Å². The van der Waals surface area contributed by atoms with Crippen LogP contribution in [0.15, 0.2) is 47.6 Å². The minimum atomic E-state index is -4.46. The van der Waals surface area contributed by atoms with Crippen LogP contribution in [0.1, 0.15) is 126 Å². The highest BCUT2D eigenvalue weighted by Gasteiger charge is 2.53. The second-order valence-electron chi connectivity index (χ2n) is 22.1. The summed E-state index contributed by atoms with van der Waals surface area (Å²) in [6.07, 6.45) is 5.60. The van der Waals surface area contributed by atoms with E-state index in [1.165, 1.54) is 7.11 Å². The summed E-state index contributed by atoms with van der Waals surface area (Å²) in [5, 5.41) is 33.1. The number of rotatable bonds is 16. The van der Waals surface area contributed by atoms with Crippen molar-refractivity contribution in [2.45, 2.75) is 186 Å². The summed E-state index contributed by atoms with van der Waals surface area (Å²) in [7, 11) is 2.96. The Kier molecular flexibility index (Phi) is 28.0. The summed E-state index contributed by atoms with van der Waals surface area (Å²) < 4.78 is 83.7. The van der Waals surface area contributed by atoms with Gasteiger partial charge in [0.2, 0.25) is 5.79 Å². The lowest BCUT2D eigenvalue weighted by Crippen LogP contribution is -2.61. The normalized spacial score (nSPS) is 35.9. The predicted octanol–water partition coefficient (Wildman–Crippen LogP) is 7.16. The van der Waals surface area contributed by atoms with Crippen molar-refractivity contribution in [3.63, 3.8) is 0 Å². The van der Waals surface area contributed by atoms with Gasteiger partial charge < -0.3 is 58.1 Å². The molecule has 2 bridgehead atoms. The standard InChI is InChI=1S/C58H90F3NO16/c1-36-15-11-10-12-16-37(2)48(76-28-27-73-25-26-74-35-57(59,60)61)33-44-20-18-42(7)58(70,78-44)54(67)55(68)62-22-14-13-17-45(62)56(69)77-49(39(4)31-43-19-21-47(75-24-23-63)50(32-43)71-8)34-46(64)38(3)30-41(6)52(66)53(72-9)51(65)40(5)29-36/h10-12,15-16,30,36,38-40,42-45,47-50,52-53,63,66,70H,13-14,17-29,31-35H2,1-9H3/b12-10+,15-11+,37-16+,41-30+/t36-,38-,39-,40-,42-,43?,44+,45+,47-,48?,49?,50-,52-,53+,58-/m1/s1. The highest BCUT2D eigenvalue weighted by Crippen LogP contribution is 2.38. The van der Waals surface area contributed by atoms with E-state index in [1.807, 2.05) is 39.0 Å². The fraction of sp³-hybridized carbons (Fsp3) is 0.776. The number of methoxy groups -OCH3 is 2. The number of fused-ring (bicyclic) bond motifs is 3. The number of hydrogen-bond acceptors (Lipinski definition) is 16. The van der Waals surface area contributed by atoms with Crippen LogP contribution >= 0.6 is 0 Å². The van der Waals surface area contributed by atoms with Gasteiger partial charge in [0.05, 0.1) is 64.1 Å². The molecule has 1 aliphatic carbocycles. The lowest BCUT2D eigenvalue weighted by atomic mass is 9.78. The van der Waals surface area contributed by atoms with Crippen LogP contribution in [0.25, 0.3) is 0 Å². The molecule has 17 nitrogen and oxygen atoms in total. The predicted molar refractivity (Wildman–Crippen MR) is 283 cm³/mol. The number of amides is 1. The summed E-state index contributed by atoms with van der Waals surface area (Å²) in [5.41, 5.74) is 1.07. The van der Waals surface area contributed by atoms with Gasteiger partial charge in [-0.1, -0.05) is 71.1 Å². The lowest BCUT2D eigenvalue weighted by molar-refractivity contribution is -0.266. The largest absolute Gasteiger partial charge is 0.460 e. The van der Waals surface area contributed by atoms with Crippen LogP contribution < -0.4 is 0 Å². The van der Waals surface area contributed by atoms with Crippen molar-refractivity contribution >= 4 is 29.2 Å². The Morgan fingerprint density at radius 1 is 0.821 bits per heavy atom. The van der Waals surface area contributed by atoms with Gasteiger partial charge in [-0.2, -0.15) is 13.2 Å². The Balaban J connectivity index is 1.68. The SMILES string of the molecule is CO[C@@H]1CC(C[C@@H](C)C2CC(=O)[C@H](C)/C=C(\C)[C@@H](O)[C@@H](OC)C(=O)[C@H](C)C[C@H](C)/C=C/C=C/C=C(\C)C(OCCOCCOCC(F)(F)F)C[C@@H]3CC[C@@H](C)[C@@](O)(O3)C(=O)C(=O)N3CCCC[C@H]3C(=O)O2)CC[C@H]1OCCO. The van der Waals surface area contributed by atoms with E-state index in [9.17, 15) is 52.5 Å². The van der Waals surface area contributed by atoms with Gasteiger partial charge in [-0.05, 0) is 107 Å². The van der Waals surface area contributed by atoms with Crippen molar-refractivity contribution in [1.82, 2.24) is 4.90 Å². The third-order valence-corrected chi connectivity index (χ3v) is 15.8. The molecule has 3 unspecified atom stereocenters. The van der Waals surface area contributed by atoms with E-state index in [0.29, 0.717) is 56.9 Å². The second kappa shape index (κ2) is 32.7. The molecule has 4 rings (SSSR count). The number of esters is 1. The van der Waals surface area contributed by atoms with Crippen molar-refractivity contribution in [3.8, 4) is 0 Å². The highest BCUT2D eigenvalue weighted by molar-refractivity contribution is 6.39. The Labute approximate surface area is 459 Å². The zero-order valence-corrected chi connectivity index (χ0v) is 47.4. The smallest absolute Gasteiger partial charge is 0.411 e. The van der Waals surface area contributed by atoms with Gasteiger partial charge in [0.15, 0.2) is 5.78 Å². The molecular formula is C58H90F3NO16. The average molecular weight is 1110 g/mol. The topological polar surface area (TPSA) is 223 Å². The molecule has 0 aromatic heterocycles. The number of allylic oxidation sites excluding steroid dienone is 6. The van der Waals surface area contributed by atoms with Gasteiger partial charge in [-0.3, -0.25) is 19.2 Å². The van der Waals surface area contributed by atoms with Gasteiger partial charge in [0, 0.05) is 51.4 Å². The molecule has 0 aromatic carbocycles. The summed E-state index contributed by atoms with van der Waals surface area (Å²) in [5.74, 6) is -8.80. The van der Waals surface area contributed by atoms with Crippen molar-refractivity contribution in [2.75, 3.05) is 67.0 Å². The quantitative estimate of drug-likeness (QED) is 0.0604. The molecule has 15 atom stereocenters. The number of alkyl halides is 3. The number of carbonyl (C=O) groups excluding carboxylic acids is 5. The molecule has 4 aliphatic rings. The minimum absolute atomic E-state index is 0.0165. The summed E-state index contributed by atoms with van der Waals surface area (Å²) >= 11 is 0. The molecule has 0 radical (unpaired) electrons.